The lowest BCUT2D eigenvalue weighted by Crippen LogP contribution is -2.23. The van der Waals surface area contributed by atoms with Crippen molar-refractivity contribution in [1.82, 2.24) is 0 Å². The van der Waals surface area contributed by atoms with E-state index in [-0.39, 0.29) is 0 Å². The Labute approximate surface area is 69.3 Å². The zero-order valence-electron chi connectivity index (χ0n) is 5.61. The molecule has 9 heavy (non-hydrogen) atoms. The molecule has 52 valence electrons. The largest absolute Gasteiger partial charge is 0.300 e. The number of halogens is 1. The maximum absolute atomic E-state index is 10.7. The Bertz CT molecular complexity index is 117. The van der Waals surface area contributed by atoms with Crippen LogP contribution in [0.5, 0.6) is 0 Å². The first-order valence-electron chi connectivity index (χ1n) is 3.31. The molecule has 1 saturated carbocycles. The van der Waals surface area contributed by atoms with Gasteiger partial charge in [-0.15, -0.1) is 0 Å². The van der Waals surface area contributed by atoms with E-state index in [0.29, 0.717) is 9.20 Å². The lowest BCUT2D eigenvalue weighted by Gasteiger charge is -2.25. The minimum Gasteiger partial charge on any atom is -0.300 e. The molecule has 0 aromatic rings. The molecule has 1 aliphatic carbocycles. The van der Waals surface area contributed by atoms with Crippen LogP contribution in [0.1, 0.15) is 32.6 Å². The monoisotopic (exact) mass is 238 g/mol. The van der Waals surface area contributed by atoms with Crippen LogP contribution in [0.3, 0.4) is 0 Å². The summed E-state index contributed by atoms with van der Waals surface area (Å²) in [6, 6.07) is 0. The van der Waals surface area contributed by atoms with Gasteiger partial charge in [0.2, 0.25) is 0 Å². The second-order valence-electron chi connectivity index (χ2n) is 2.95. The first-order chi connectivity index (χ1) is 4.10. The van der Waals surface area contributed by atoms with Crippen LogP contribution in [-0.2, 0) is 4.79 Å². The number of hydrogen-bond acceptors (Lipinski definition) is 1. The lowest BCUT2D eigenvalue weighted by molar-refractivity contribution is -0.120. The van der Waals surface area contributed by atoms with Crippen molar-refractivity contribution in [2.45, 2.75) is 36.0 Å². The van der Waals surface area contributed by atoms with E-state index in [2.05, 4.69) is 29.5 Å². The van der Waals surface area contributed by atoms with Crippen LogP contribution in [0.2, 0.25) is 0 Å². The SMILES string of the molecule is CC1(I)CCC(=O)CC1. The minimum absolute atomic E-state index is 0.408. The standard InChI is InChI=1S/C7H11IO/c1-7(8)4-2-6(9)3-5-7/h2-5H2,1H3. The van der Waals surface area contributed by atoms with Gasteiger partial charge in [0.1, 0.15) is 5.78 Å². The minimum atomic E-state index is 0.408. The highest BCUT2D eigenvalue weighted by molar-refractivity contribution is 14.1. The third kappa shape index (κ3) is 2.24. The van der Waals surface area contributed by atoms with Crippen LogP contribution < -0.4 is 0 Å². The molecule has 1 rings (SSSR count). The predicted octanol–water partition coefficient (Wildman–Crippen LogP) is 2.32. The number of alkyl halides is 1. The summed E-state index contributed by atoms with van der Waals surface area (Å²) in [5, 5.41) is 0. The van der Waals surface area contributed by atoms with Crippen LogP contribution in [0.25, 0.3) is 0 Å². The number of rotatable bonds is 0. The maximum Gasteiger partial charge on any atom is 0.133 e. The Morgan fingerprint density at radius 3 is 2.22 bits per heavy atom. The molecule has 0 bridgehead atoms. The van der Waals surface area contributed by atoms with Crippen molar-refractivity contribution >= 4 is 28.4 Å². The van der Waals surface area contributed by atoms with Crippen LogP contribution in [0, 0.1) is 0 Å². The number of ketones is 1. The summed E-state index contributed by atoms with van der Waals surface area (Å²) in [5.41, 5.74) is 0. The molecule has 0 unspecified atom stereocenters. The molecular weight excluding hydrogens is 227 g/mol. The van der Waals surface area contributed by atoms with E-state index in [4.69, 9.17) is 0 Å². The number of Topliss-reactive ketones (excluding diaryl/α,β-unsaturated/α-hetero) is 1. The Morgan fingerprint density at radius 1 is 1.44 bits per heavy atom. The van der Waals surface area contributed by atoms with Gasteiger partial charge < -0.3 is 0 Å². The zero-order chi connectivity index (χ0) is 6.91. The van der Waals surface area contributed by atoms with E-state index in [1.165, 1.54) is 0 Å². The summed E-state index contributed by atoms with van der Waals surface area (Å²) in [4.78, 5) is 10.7. The molecule has 2 heteroatoms. The Hall–Kier alpha value is 0.400. The van der Waals surface area contributed by atoms with E-state index in [0.717, 1.165) is 25.7 Å². The zero-order valence-corrected chi connectivity index (χ0v) is 7.77. The van der Waals surface area contributed by atoms with Gasteiger partial charge in [-0.3, -0.25) is 4.79 Å². The van der Waals surface area contributed by atoms with Crippen LogP contribution in [-0.4, -0.2) is 9.20 Å². The maximum atomic E-state index is 10.7. The molecule has 0 aliphatic heterocycles. The molecule has 0 amide bonds. The van der Waals surface area contributed by atoms with E-state index in [9.17, 15) is 4.79 Å². The average Bonchev–Trinajstić information content (AvgIpc) is 1.78. The number of carbonyl (C=O) groups is 1. The quantitative estimate of drug-likeness (QED) is 0.467. The van der Waals surface area contributed by atoms with Crippen LogP contribution >= 0.6 is 22.6 Å². The molecule has 1 aliphatic rings. The fourth-order valence-electron chi connectivity index (χ4n) is 1.05. The van der Waals surface area contributed by atoms with Gasteiger partial charge in [0.15, 0.2) is 0 Å². The van der Waals surface area contributed by atoms with Crippen molar-refractivity contribution in [2.24, 2.45) is 0 Å². The highest BCUT2D eigenvalue weighted by atomic mass is 127. The molecule has 0 aromatic carbocycles. The molecule has 0 radical (unpaired) electrons. The average molecular weight is 238 g/mol. The summed E-state index contributed by atoms with van der Waals surface area (Å²) in [6.45, 7) is 2.22. The third-order valence-corrected chi connectivity index (χ3v) is 2.93. The Balaban J connectivity index is 2.44. The van der Waals surface area contributed by atoms with Gasteiger partial charge in [0.05, 0.1) is 0 Å². The summed E-state index contributed by atoms with van der Waals surface area (Å²) in [7, 11) is 0. The van der Waals surface area contributed by atoms with Crippen molar-refractivity contribution in [3.05, 3.63) is 0 Å². The topological polar surface area (TPSA) is 17.1 Å². The van der Waals surface area contributed by atoms with Gasteiger partial charge >= 0.3 is 0 Å². The molecule has 1 nitrogen and oxygen atoms in total. The van der Waals surface area contributed by atoms with Crippen molar-refractivity contribution in [3.8, 4) is 0 Å². The van der Waals surface area contributed by atoms with Crippen molar-refractivity contribution in [2.75, 3.05) is 0 Å². The van der Waals surface area contributed by atoms with E-state index >= 15 is 0 Å². The molecule has 0 aromatic heterocycles. The predicted molar refractivity (Wildman–Crippen MR) is 45.9 cm³/mol. The van der Waals surface area contributed by atoms with Crippen molar-refractivity contribution in [3.63, 3.8) is 0 Å². The highest BCUT2D eigenvalue weighted by Crippen LogP contribution is 2.33. The van der Waals surface area contributed by atoms with Crippen molar-refractivity contribution < 1.29 is 4.79 Å². The van der Waals surface area contributed by atoms with Gasteiger partial charge in [-0.1, -0.05) is 29.5 Å². The van der Waals surface area contributed by atoms with Gasteiger partial charge in [-0.05, 0) is 12.8 Å². The van der Waals surface area contributed by atoms with E-state index in [1.807, 2.05) is 0 Å². The second kappa shape index (κ2) is 2.56. The second-order valence-corrected chi connectivity index (χ2v) is 5.56. The molecule has 0 heterocycles. The van der Waals surface area contributed by atoms with Gasteiger partial charge in [-0.25, -0.2) is 0 Å². The summed E-state index contributed by atoms with van der Waals surface area (Å²) < 4.78 is 0.408. The van der Waals surface area contributed by atoms with Gasteiger partial charge in [-0.2, -0.15) is 0 Å². The smallest absolute Gasteiger partial charge is 0.133 e. The number of hydrogen-bond donors (Lipinski definition) is 0. The molecule has 0 atom stereocenters. The van der Waals surface area contributed by atoms with Gasteiger partial charge in [0.25, 0.3) is 0 Å². The molecule has 0 N–H and O–H groups in total. The fourth-order valence-corrected chi connectivity index (χ4v) is 1.59. The summed E-state index contributed by atoms with van der Waals surface area (Å²) >= 11 is 2.45. The summed E-state index contributed by atoms with van der Waals surface area (Å²) in [5.74, 6) is 0.448. The van der Waals surface area contributed by atoms with Crippen LogP contribution in [0.15, 0.2) is 0 Å². The summed E-state index contributed by atoms with van der Waals surface area (Å²) in [6.07, 6.45) is 3.76. The molecular formula is C7H11IO. The molecule has 1 fully saturated rings. The molecule has 0 saturated heterocycles. The fraction of sp³-hybridized carbons (Fsp3) is 0.857. The van der Waals surface area contributed by atoms with Crippen molar-refractivity contribution in [1.29, 1.82) is 0 Å². The molecule has 0 spiro atoms. The Morgan fingerprint density at radius 2 is 1.89 bits per heavy atom. The highest BCUT2D eigenvalue weighted by Gasteiger charge is 2.26. The Kier molecular flexibility index (Phi) is 2.14. The number of carbonyl (C=O) groups excluding carboxylic acids is 1. The first kappa shape index (κ1) is 7.51. The van der Waals surface area contributed by atoms with E-state index < -0.39 is 0 Å². The first-order valence-corrected chi connectivity index (χ1v) is 4.39. The van der Waals surface area contributed by atoms with E-state index in [1.54, 1.807) is 0 Å². The van der Waals surface area contributed by atoms with Crippen LogP contribution in [0.4, 0.5) is 0 Å². The normalized spacial score (nSPS) is 26.2. The van der Waals surface area contributed by atoms with Gasteiger partial charge in [0, 0.05) is 16.3 Å². The third-order valence-electron chi connectivity index (χ3n) is 1.85. The lowest BCUT2D eigenvalue weighted by atomic mass is 9.90.